The van der Waals surface area contributed by atoms with Gasteiger partial charge >= 0.3 is 0 Å². The molecule has 1 aromatic carbocycles. The molecule has 0 fully saturated rings. The molecule has 0 spiro atoms. The maximum Gasteiger partial charge on any atom is 0.128 e. The zero-order valence-corrected chi connectivity index (χ0v) is 11.8. The Morgan fingerprint density at radius 1 is 1.21 bits per heavy atom. The van der Waals surface area contributed by atoms with Crippen molar-refractivity contribution in [3.63, 3.8) is 0 Å². The van der Waals surface area contributed by atoms with Crippen molar-refractivity contribution in [2.24, 2.45) is 5.73 Å². The van der Waals surface area contributed by atoms with E-state index in [9.17, 15) is 4.39 Å². The molecule has 1 heterocycles. The van der Waals surface area contributed by atoms with Gasteiger partial charge in [0, 0.05) is 17.3 Å². The van der Waals surface area contributed by atoms with Crippen LogP contribution in [0.15, 0.2) is 24.3 Å². The second-order valence-corrected chi connectivity index (χ2v) is 5.07. The topological polar surface area (TPSA) is 43.8 Å². The van der Waals surface area contributed by atoms with Crippen molar-refractivity contribution < 1.29 is 4.39 Å². The minimum atomic E-state index is -0.284. The SMILES string of the molecule is Cc1nn(C(c2ccccc2F)C(C)N)c(C)c1C. The van der Waals surface area contributed by atoms with E-state index in [1.54, 1.807) is 12.1 Å². The van der Waals surface area contributed by atoms with Crippen molar-refractivity contribution in [3.8, 4) is 0 Å². The quantitative estimate of drug-likeness (QED) is 0.923. The van der Waals surface area contributed by atoms with E-state index in [1.165, 1.54) is 6.07 Å². The Morgan fingerprint density at radius 2 is 1.84 bits per heavy atom. The highest BCUT2D eigenvalue weighted by atomic mass is 19.1. The zero-order chi connectivity index (χ0) is 14.2. The molecule has 2 unspecified atom stereocenters. The van der Waals surface area contributed by atoms with E-state index in [4.69, 9.17) is 5.73 Å². The van der Waals surface area contributed by atoms with Gasteiger partial charge in [-0.1, -0.05) is 18.2 Å². The normalized spacial score (nSPS) is 14.4. The lowest BCUT2D eigenvalue weighted by Crippen LogP contribution is -2.32. The summed E-state index contributed by atoms with van der Waals surface area (Å²) in [6, 6.07) is 6.23. The molecule has 0 aliphatic rings. The first kappa shape index (κ1) is 13.7. The molecule has 102 valence electrons. The minimum Gasteiger partial charge on any atom is -0.326 e. The van der Waals surface area contributed by atoms with Crippen LogP contribution in [0.2, 0.25) is 0 Å². The van der Waals surface area contributed by atoms with Crippen molar-refractivity contribution in [1.82, 2.24) is 9.78 Å². The smallest absolute Gasteiger partial charge is 0.128 e. The predicted molar refractivity (Wildman–Crippen MR) is 74.6 cm³/mol. The fraction of sp³-hybridized carbons (Fsp3) is 0.400. The Bertz CT molecular complexity index is 587. The molecule has 4 heteroatoms. The summed E-state index contributed by atoms with van der Waals surface area (Å²) >= 11 is 0. The van der Waals surface area contributed by atoms with Crippen molar-refractivity contribution in [2.45, 2.75) is 39.8 Å². The van der Waals surface area contributed by atoms with Crippen molar-refractivity contribution in [2.75, 3.05) is 0 Å². The average Bonchev–Trinajstić information content (AvgIpc) is 2.60. The van der Waals surface area contributed by atoms with E-state index in [1.807, 2.05) is 38.4 Å². The molecule has 0 amide bonds. The van der Waals surface area contributed by atoms with E-state index in [2.05, 4.69) is 5.10 Å². The van der Waals surface area contributed by atoms with E-state index < -0.39 is 0 Å². The highest BCUT2D eigenvalue weighted by Crippen LogP contribution is 2.26. The molecule has 2 aromatic rings. The molecule has 19 heavy (non-hydrogen) atoms. The molecule has 3 nitrogen and oxygen atoms in total. The summed E-state index contributed by atoms with van der Waals surface area (Å²) in [6.07, 6.45) is 0. The maximum atomic E-state index is 14.0. The third-order valence-electron chi connectivity index (χ3n) is 3.67. The van der Waals surface area contributed by atoms with Crippen LogP contribution in [0.3, 0.4) is 0 Å². The third kappa shape index (κ3) is 2.40. The number of halogens is 1. The standard InChI is InChI=1S/C15H20FN3/c1-9-11(3)18-19(12(9)4)15(10(2)17)13-7-5-6-8-14(13)16/h5-8,10,15H,17H2,1-4H3. The molecule has 0 bridgehead atoms. The summed E-state index contributed by atoms with van der Waals surface area (Å²) in [7, 11) is 0. The largest absolute Gasteiger partial charge is 0.326 e. The van der Waals surface area contributed by atoms with E-state index >= 15 is 0 Å². The molecule has 0 aliphatic heterocycles. The van der Waals surface area contributed by atoms with Crippen LogP contribution in [0.25, 0.3) is 0 Å². The van der Waals surface area contributed by atoms with E-state index in [0.29, 0.717) is 5.56 Å². The Labute approximate surface area is 113 Å². The van der Waals surface area contributed by atoms with Gasteiger partial charge in [-0.15, -0.1) is 0 Å². The van der Waals surface area contributed by atoms with Crippen molar-refractivity contribution >= 4 is 0 Å². The lowest BCUT2D eigenvalue weighted by atomic mass is 10.00. The summed E-state index contributed by atoms with van der Waals surface area (Å²) < 4.78 is 15.9. The Hall–Kier alpha value is -1.68. The van der Waals surface area contributed by atoms with Gasteiger partial charge in [0.05, 0.1) is 11.7 Å². The molecule has 0 aliphatic carbocycles. The van der Waals surface area contributed by atoms with E-state index in [0.717, 1.165) is 17.0 Å². The molecule has 2 N–H and O–H groups in total. The van der Waals surface area contributed by atoms with Gasteiger partial charge in [-0.2, -0.15) is 5.10 Å². The third-order valence-corrected chi connectivity index (χ3v) is 3.67. The van der Waals surface area contributed by atoms with Gasteiger partial charge in [0.25, 0.3) is 0 Å². The number of hydrogen-bond acceptors (Lipinski definition) is 2. The molecule has 0 saturated heterocycles. The van der Waals surface area contributed by atoms with Gasteiger partial charge in [0.1, 0.15) is 5.82 Å². The summed E-state index contributed by atoms with van der Waals surface area (Å²) in [5.74, 6) is -0.241. The van der Waals surface area contributed by atoms with Crippen molar-refractivity contribution in [1.29, 1.82) is 0 Å². The minimum absolute atomic E-state index is 0.228. The van der Waals surface area contributed by atoms with Gasteiger partial charge in [-0.25, -0.2) is 4.39 Å². The summed E-state index contributed by atoms with van der Waals surface area (Å²) in [5, 5.41) is 4.52. The van der Waals surface area contributed by atoms with Gasteiger partial charge in [0.2, 0.25) is 0 Å². The lowest BCUT2D eigenvalue weighted by Gasteiger charge is -2.24. The second kappa shape index (κ2) is 5.13. The van der Waals surface area contributed by atoms with Crippen molar-refractivity contribution in [3.05, 3.63) is 52.6 Å². The number of hydrogen-bond donors (Lipinski definition) is 1. The van der Waals surface area contributed by atoms with Gasteiger partial charge < -0.3 is 5.73 Å². The van der Waals surface area contributed by atoms with Crippen LogP contribution in [0.4, 0.5) is 4.39 Å². The molecular formula is C15H20FN3. The zero-order valence-electron chi connectivity index (χ0n) is 11.8. The van der Waals surface area contributed by atoms with Gasteiger partial charge in [-0.3, -0.25) is 4.68 Å². The molecular weight excluding hydrogens is 241 g/mol. The maximum absolute atomic E-state index is 14.0. The highest BCUT2D eigenvalue weighted by molar-refractivity contribution is 5.28. The van der Waals surface area contributed by atoms with Crippen LogP contribution < -0.4 is 5.73 Å². The first-order chi connectivity index (χ1) is 8.93. The lowest BCUT2D eigenvalue weighted by molar-refractivity contribution is 0.425. The first-order valence-electron chi connectivity index (χ1n) is 6.45. The number of aryl methyl sites for hydroxylation is 1. The Morgan fingerprint density at radius 3 is 2.32 bits per heavy atom. The average molecular weight is 261 g/mol. The fourth-order valence-electron chi connectivity index (χ4n) is 2.37. The molecule has 0 radical (unpaired) electrons. The van der Waals surface area contributed by atoms with Crippen LogP contribution in [-0.2, 0) is 0 Å². The van der Waals surface area contributed by atoms with Gasteiger partial charge in [0.15, 0.2) is 0 Å². The molecule has 2 rings (SSSR count). The first-order valence-corrected chi connectivity index (χ1v) is 6.45. The van der Waals surface area contributed by atoms with Crippen LogP contribution >= 0.6 is 0 Å². The van der Waals surface area contributed by atoms with Crippen LogP contribution in [0, 0.1) is 26.6 Å². The molecule has 2 atom stereocenters. The molecule has 1 aromatic heterocycles. The number of nitrogens with zero attached hydrogens (tertiary/aromatic N) is 2. The monoisotopic (exact) mass is 261 g/mol. The Balaban J connectivity index is 2.59. The van der Waals surface area contributed by atoms with Crippen LogP contribution in [0.1, 0.15) is 35.5 Å². The number of nitrogens with two attached hydrogens (primary N) is 1. The molecule has 0 saturated carbocycles. The highest BCUT2D eigenvalue weighted by Gasteiger charge is 2.24. The van der Waals surface area contributed by atoms with Crippen LogP contribution in [0.5, 0.6) is 0 Å². The summed E-state index contributed by atoms with van der Waals surface area (Å²) in [6.45, 7) is 7.85. The van der Waals surface area contributed by atoms with Gasteiger partial charge in [-0.05, 0) is 39.3 Å². The van der Waals surface area contributed by atoms with E-state index in [-0.39, 0.29) is 17.9 Å². The Kier molecular flexibility index (Phi) is 3.71. The fourth-order valence-corrected chi connectivity index (χ4v) is 2.37. The van der Waals surface area contributed by atoms with Crippen LogP contribution in [-0.4, -0.2) is 15.8 Å². The number of aromatic nitrogens is 2. The second-order valence-electron chi connectivity index (χ2n) is 5.07. The summed E-state index contributed by atoms with van der Waals surface area (Å²) in [4.78, 5) is 0. The summed E-state index contributed by atoms with van der Waals surface area (Å²) in [5.41, 5.74) is 9.77. The number of benzene rings is 1. The number of rotatable bonds is 3. The predicted octanol–water partition coefficient (Wildman–Crippen LogP) is 2.88.